The Morgan fingerprint density at radius 2 is 1.72 bits per heavy atom. The summed E-state index contributed by atoms with van der Waals surface area (Å²) in [6.07, 6.45) is 4.57. The maximum atomic E-state index is 12.6. The van der Waals surface area contributed by atoms with E-state index < -0.39 is 17.8 Å². The Morgan fingerprint density at radius 3 is 2.32 bits per heavy atom. The molecule has 1 aromatic carbocycles. The Hall–Kier alpha value is -2.82. The van der Waals surface area contributed by atoms with Crippen molar-refractivity contribution in [3.05, 3.63) is 54.3 Å². The fourth-order valence-electron chi connectivity index (χ4n) is 4.03. The zero-order valence-electron chi connectivity index (χ0n) is 13.8. The number of benzene rings is 1. The van der Waals surface area contributed by atoms with Gasteiger partial charge in [-0.25, -0.2) is 0 Å². The van der Waals surface area contributed by atoms with E-state index in [0.717, 1.165) is 17.1 Å². The van der Waals surface area contributed by atoms with Crippen molar-refractivity contribution in [2.24, 2.45) is 23.7 Å². The molecule has 0 radical (unpaired) electrons. The number of hydrogen-bond donors (Lipinski definition) is 1. The number of allylic oxidation sites excluding steroid dienone is 2. The predicted octanol–water partition coefficient (Wildman–Crippen LogP) is 2.38. The maximum absolute atomic E-state index is 12.6. The number of carbonyl (C=O) groups is 2. The lowest BCUT2D eigenvalue weighted by Gasteiger charge is -2.27. The second-order valence-corrected chi connectivity index (χ2v) is 6.80. The molecule has 1 heterocycles. The van der Waals surface area contributed by atoms with Crippen LogP contribution >= 0.6 is 0 Å². The summed E-state index contributed by atoms with van der Waals surface area (Å²) in [4.78, 5) is 24.0. The summed E-state index contributed by atoms with van der Waals surface area (Å²) in [6, 6.07) is 11.1. The van der Waals surface area contributed by atoms with Crippen LogP contribution in [-0.2, 0) is 9.59 Å². The zero-order valence-corrected chi connectivity index (χ0v) is 13.8. The number of furan rings is 1. The molecule has 5 nitrogen and oxygen atoms in total. The fourth-order valence-corrected chi connectivity index (χ4v) is 4.03. The molecule has 128 valence electrons. The Bertz CT molecular complexity index is 849. The molecule has 0 saturated heterocycles. The smallest absolute Gasteiger partial charge is 0.228 e. The molecule has 0 spiro atoms. The molecule has 0 aliphatic heterocycles. The maximum Gasteiger partial charge on any atom is 0.228 e. The molecule has 2 aromatic rings. The number of carboxylic acid groups (broad SMARTS) is 1. The predicted molar refractivity (Wildman–Crippen MR) is 90.2 cm³/mol. The van der Waals surface area contributed by atoms with E-state index in [1.54, 1.807) is 12.1 Å². The minimum atomic E-state index is -1.14. The van der Waals surface area contributed by atoms with Gasteiger partial charge in [-0.2, -0.15) is 0 Å². The number of nitrogens with one attached hydrogen (secondary N) is 1. The van der Waals surface area contributed by atoms with Gasteiger partial charge in [0.25, 0.3) is 0 Å². The number of amides is 1. The number of fused-ring (bicyclic) bond motifs is 2. The zero-order chi connectivity index (χ0) is 17.6. The molecule has 1 fully saturated rings. The number of hydrogen-bond acceptors (Lipinski definition) is 4. The Kier molecular flexibility index (Phi) is 3.71. The molecule has 1 amide bonds. The van der Waals surface area contributed by atoms with Gasteiger partial charge in [-0.15, -0.1) is 0 Å². The van der Waals surface area contributed by atoms with Crippen molar-refractivity contribution in [3.8, 4) is 11.3 Å². The van der Waals surface area contributed by atoms with Crippen molar-refractivity contribution in [1.29, 1.82) is 0 Å². The van der Waals surface area contributed by atoms with E-state index in [4.69, 9.17) is 4.42 Å². The van der Waals surface area contributed by atoms with Crippen LogP contribution in [0.4, 0.5) is 5.69 Å². The van der Waals surface area contributed by atoms with E-state index in [1.165, 1.54) is 0 Å². The van der Waals surface area contributed by atoms with Crippen molar-refractivity contribution in [2.75, 3.05) is 5.32 Å². The molecule has 1 saturated carbocycles. The molecular formula is C20H18NO4-. The third-order valence-electron chi connectivity index (χ3n) is 5.21. The van der Waals surface area contributed by atoms with Crippen molar-refractivity contribution < 1.29 is 19.1 Å². The third-order valence-corrected chi connectivity index (χ3v) is 5.21. The first-order chi connectivity index (χ1) is 12.0. The van der Waals surface area contributed by atoms with E-state index in [1.807, 2.05) is 43.3 Å². The minimum absolute atomic E-state index is 0.0155. The summed E-state index contributed by atoms with van der Waals surface area (Å²) in [5.74, 6) is -1.19. The summed E-state index contributed by atoms with van der Waals surface area (Å²) in [7, 11) is 0. The summed E-state index contributed by atoms with van der Waals surface area (Å²) in [5.41, 5.74) is 1.56. The molecule has 4 atom stereocenters. The van der Waals surface area contributed by atoms with Gasteiger partial charge in [0.05, 0.1) is 5.92 Å². The molecular weight excluding hydrogens is 318 g/mol. The summed E-state index contributed by atoms with van der Waals surface area (Å²) < 4.78 is 5.58. The number of aryl methyl sites for hydroxylation is 1. The van der Waals surface area contributed by atoms with Crippen LogP contribution in [0.5, 0.6) is 0 Å². The average molecular weight is 336 g/mol. The molecule has 1 N–H and O–H groups in total. The lowest BCUT2D eigenvalue weighted by Crippen LogP contribution is -2.42. The number of aliphatic carboxylic acids is 1. The second kappa shape index (κ2) is 5.92. The second-order valence-electron chi connectivity index (χ2n) is 6.80. The summed E-state index contributed by atoms with van der Waals surface area (Å²) in [6.45, 7) is 1.88. The first-order valence-corrected chi connectivity index (χ1v) is 8.40. The van der Waals surface area contributed by atoms with Gasteiger partial charge in [-0.1, -0.05) is 12.2 Å². The van der Waals surface area contributed by atoms with Crippen LogP contribution in [0, 0.1) is 30.6 Å². The quantitative estimate of drug-likeness (QED) is 0.869. The Morgan fingerprint density at radius 1 is 1.04 bits per heavy atom. The number of anilines is 1. The van der Waals surface area contributed by atoms with Crippen LogP contribution in [0.25, 0.3) is 11.3 Å². The Labute approximate surface area is 145 Å². The van der Waals surface area contributed by atoms with Crippen LogP contribution in [-0.4, -0.2) is 11.9 Å². The van der Waals surface area contributed by atoms with Gasteiger partial charge in [0.15, 0.2) is 0 Å². The number of carboxylic acids is 1. The van der Waals surface area contributed by atoms with E-state index in [-0.39, 0.29) is 17.7 Å². The molecule has 2 bridgehead atoms. The molecule has 25 heavy (non-hydrogen) atoms. The molecule has 1 aromatic heterocycles. The molecule has 5 heteroatoms. The van der Waals surface area contributed by atoms with E-state index in [2.05, 4.69) is 5.32 Å². The van der Waals surface area contributed by atoms with Crippen LogP contribution in [0.15, 0.2) is 53.0 Å². The molecule has 4 rings (SSSR count). The topological polar surface area (TPSA) is 82.4 Å². The van der Waals surface area contributed by atoms with Crippen LogP contribution < -0.4 is 10.4 Å². The standard InChI is InChI=1S/C20H19NO4/c1-11-2-9-16(25-11)12-5-7-15(8-6-12)21-19(22)17-13-3-4-14(10-13)18(17)20(23)24/h2-9,13-14,17-18H,10H2,1H3,(H,21,22)(H,23,24)/p-1/t13-,14+,17-,18+/m1/s1. The molecule has 2 aliphatic rings. The normalized spacial score (nSPS) is 26.8. The highest BCUT2D eigenvalue weighted by Gasteiger charge is 2.48. The van der Waals surface area contributed by atoms with Gasteiger partial charge in [-0.05, 0) is 61.6 Å². The van der Waals surface area contributed by atoms with Gasteiger partial charge in [-0.3, -0.25) is 4.79 Å². The first-order valence-electron chi connectivity index (χ1n) is 8.40. The number of rotatable bonds is 4. The van der Waals surface area contributed by atoms with Gasteiger partial charge in [0.2, 0.25) is 5.91 Å². The highest BCUT2D eigenvalue weighted by Crippen LogP contribution is 2.48. The molecule has 2 aliphatic carbocycles. The Balaban J connectivity index is 1.49. The van der Waals surface area contributed by atoms with Gasteiger partial charge in [0, 0.05) is 23.1 Å². The first kappa shape index (κ1) is 15.7. The lowest BCUT2D eigenvalue weighted by atomic mass is 9.82. The van der Waals surface area contributed by atoms with E-state index in [0.29, 0.717) is 12.1 Å². The van der Waals surface area contributed by atoms with Crippen molar-refractivity contribution in [2.45, 2.75) is 13.3 Å². The number of carbonyl (C=O) groups excluding carboxylic acids is 2. The highest BCUT2D eigenvalue weighted by atomic mass is 16.4. The van der Waals surface area contributed by atoms with Crippen molar-refractivity contribution >= 4 is 17.6 Å². The molecule has 0 unspecified atom stereocenters. The monoisotopic (exact) mass is 336 g/mol. The van der Waals surface area contributed by atoms with Crippen molar-refractivity contribution in [1.82, 2.24) is 0 Å². The van der Waals surface area contributed by atoms with Gasteiger partial charge >= 0.3 is 0 Å². The van der Waals surface area contributed by atoms with Crippen LogP contribution in [0.2, 0.25) is 0 Å². The van der Waals surface area contributed by atoms with Gasteiger partial charge in [0.1, 0.15) is 11.5 Å². The fraction of sp³-hybridized carbons (Fsp3) is 0.300. The average Bonchev–Trinajstić information content (AvgIpc) is 3.30. The summed E-state index contributed by atoms with van der Waals surface area (Å²) >= 11 is 0. The lowest BCUT2D eigenvalue weighted by molar-refractivity contribution is -0.313. The minimum Gasteiger partial charge on any atom is -0.550 e. The van der Waals surface area contributed by atoms with Crippen molar-refractivity contribution in [3.63, 3.8) is 0 Å². The van der Waals surface area contributed by atoms with Gasteiger partial charge < -0.3 is 19.6 Å². The van der Waals surface area contributed by atoms with E-state index in [9.17, 15) is 14.7 Å². The van der Waals surface area contributed by atoms with E-state index >= 15 is 0 Å². The summed E-state index contributed by atoms with van der Waals surface area (Å²) in [5, 5.41) is 14.3. The third kappa shape index (κ3) is 2.76. The highest BCUT2D eigenvalue weighted by molar-refractivity contribution is 5.96. The van der Waals surface area contributed by atoms with Crippen LogP contribution in [0.3, 0.4) is 0 Å². The SMILES string of the molecule is Cc1ccc(-c2ccc(NC(=O)[C@H]3[C@@H](C(=O)[O-])[C@H]4C=C[C@@H]3C4)cc2)o1. The largest absolute Gasteiger partial charge is 0.550 e. The van der Waals surface area contributed by atoms with Crippen LogP contribution in [0.1, 0.15) is 12.2 Å².